The van der Waals surface area contributed by atoms with Gasteiger partial charge < -0.3 is 0 Å². The Labute approximate surface area is 160 Å². The van der Waals surface area contributed by atoms with Gasteiger partial charge in [-0.05, 0) is 31.2 Å². The molecule has 9 nitrogen and oxygen atoms in total. The molecular formula is C17H11FN4O5S. The standard InChI is InChI=1S/C17H11FN4O5S/c1-9-14(21(24)25)6-11(7-15(9)22(26)27)16(23)20-17-19-13(8-28-17)10-2-4-12(18)5-3-10/h2-8H,1H3,(H,19,20,23). The number of amides is 1. The molecule has 1 N–H and O–H groups in total. The molecule has 0 bridgehead atoms. The van der Waals surface area contributed by atoms with Crippen molar-refractivity contribution in [3.8, 4) is 11.3 Å². The number of nitrogens with one attached hydrogen (secondary N) is 1. The number of rotatable bonds is 5. The van der Waals surface area contributed by atoms with Gasteiger partial charge in [-0.3, -0.25) is 30.3 Å². The van der Waals surface area contributed by atoms with E-state index in [4.69, 9.17) is 0 Å². The van der Waals surface area contributed by atoms with Gasteiger partial charge in [0.15, 0.2) is 5.13 Å². The molecule has 0 fully saturated rings. The normalized spacial score (nSPS) is 10.5. The summed E-state index contributed by atoms with van der Waals surface area (Å²) in [7, 11) is 0. The third-order valence-corrected chi connectivity index (χ3v) is 4.63. The second kappa shape index (κ2) is 7.48. The molecule has 3 aromatic rings. The maximum atomic E-state index is 13.0. The van der Waals surface area contributed by atoms with Crippen molar-refractivity contribution in [1.29, 1.82) is 0 Å². The molecule has 11 heteroatoms. The summed E-state index contributed by atoms with van der Waals surface area (Å²) in [6.45, 7) is 1.24. The fourth-order valence-corrected chi connectivity index (χ4v) is 3.16. The highest BCUT2D eigenvalue weighted by Gasteiger charge is 2.25. The van der Waals surface area contributed by atoms with Crippen LogP contribution in [0.4, 0.5) is 20.9 Å². The van der Waals surface area contributed by atoms with Crippen molar-refractivity contribution in [3.05, 3.63) is 79.0 Å². The van der Waals surface area contributed by atoms with Gasteiger partial charge in [0.05, 0.1) is 21.1 Å². The maximum absolute atomic E-state index is 13.0. The summed E-state index contributed by atoms with van der Waals surface area (Å²) in [5.41, 5.74) is -0.279. The van der Waals surface area contributed by atoms with Crippen molar-refractivity contribution in [2.45, 2.75) is 6.92 Å². The first-order valence-corrected chi connectivity index (χ1v) is 8.60. The fraction of sp³-hybridized carbons (Fsp3) is 0.0588. The third-order valence-electron chi connectivity index (χ3n) is 3.87. The first kappa shape index (κ1) is 19.0. The fourth-order valence-electron chi connectivity index (χ4n) is 2.45. The number of nitro groups is 2. The number of hydrogen-bond donors (Lipinski definition) is 1. The highest BCUT2D eigenvalue weighted by molar-refractivity contribution is 7.14. The van der Waals surface area contributed by atoms with E-state index in [9.17, 15) is 29.4 Å². The van der Waals surface area contributed by atoms with Gasteiger partial charge in [0.2, 0.25) is 0 Å². The number of carbonyl (C=O) groups excluding carboxylic acids is 1. The van der Waals surface area contributed by atoms with Crippen molar-refractivity contribution in [2.75, 3.05) is 5.32 Å². The summed E-state index contributed by atoms with van der Waals surface area (Å²) < 4.78 is 13.0. The molecule has 0 aliphatic rings. The van der Waals surface area contributed by atoms with Crippen LogP contribution in [0, 0.1) is 33.0 Å². The Balaban J connectivity index is 1.88. The van der Waals surface area contributed by atoms with Gasteiger partial charge in [-0.2, -0.15) is 0 Å². The number of halogens is 1. The van der Waals surface area contributed by atoms with E-state index in [2.05, 4.69) is 10.3 Å². The lowest BCUT2D eigenvalue weighted by atomic mass is 10.1. The topological polar surface area (TPSA) is 128 Å². The van der Waals surface area contributed by atoms with E-state index >= 15 is 0 Å². The molecule has 142 valence electrons. The minimum atomic E-state index is -0.783. The molecule has 2 aromatic carbocycles. The third kappa shape index (κ3) is 3.83. The smallest absolute Gasteiger partial charge is 0.279 e. The molecule has 0 unspecified atom stereocenters. The van der Waals surface area contributed by atoms with Gasteiger partial charge in [-0.15, -0.1) is 11.3 Å². The van der Waals surface area contributed by atoms with E-state index in [0.29, 0.717) is 11.3 Å². The van der Waals surface area contributed by atoms with Crippen LogP contribution in [0.2, 0.25) is 0 Å². The number of hydrogen-bond acceptors (Lipinski definition) is 7. The van der Waals surface area contributed by atoms with Crippen LogP contribution in [-0.2, 0) is 0 Å². The molecule has 0 radical (unpaired) electrons. The molecule has 28 heavy (non-hydrogen) atoms. The second-order valence-electron chi connectivity index (χ2n) is 5.65. The summed E-state index contributed by atoms with van der Waals surface area (Å²) in [6.07, 6.45) is 0. The Morgan fingerprint density at radius 2 is 1.68 bits per heavy atom. The monoisotopic (exact) mass is 402 g/mol. The van der Waals surface area contributed by atoms with E-state index in [0.717, 1.165) is 23.5 Å². The van der Waals surface area contributed by atoms with E-state index in [-0.39, 0.29) is 16.3 Å². The first-order chi connectivity index (χ1) is 13.3. The van der Waals surface area contributed by atoms with Crippen molar-refractivity contribution in [1.82, 2.24) is 4.98 Å². The highest BCUT2D eigenvalue weighted by atomic mass is 32.1. The summed E-state index contributed by atoms with van der Waals surface area (Å²) in [5.74, 6) is -1.17. The Morgan fingerprint density at radius 3 is 2.21 bits per heavy atom. The quantitative estimate of drug-likeness (QED) is 0.500. The van der Waals surface area contributed by atoms with Crippen molar-refractivity contribution < 1.29 is 19.0 Å². The van der Waals surface area contributed by atoms with Crippen molar-refractivity contribution >= 4 is 33.8 Å². The first-order valence-electron chi connectivity index (χ1n) is 7.72. The van der Waals surface area contributed by atoms with E-state index < -0.39 is 32.9 Å². The maximum Gasteiger partial charge on any atom is 0.279 e. The van der Waals surface area contributed by atoms with E-state index in [1.54, 1.807) is 5.38 Å². The van der Waals surface area contributed by atoms with Crippen LogP contribution in [0.1, 0.15) is 15.9 Å². The molecular weight excluding hydrogens is 391 g/mol. The van der Waals surface area contributed by atoms with Gasteiger partial charge in [0.1, 0.15) is 11.4 Å². The number of benzene rings is 2. The van der Waals surface area contributed by atoms with E-state index in [1.165, 1.54) is 31.2 Å². The van der Waals surface area contributed by atoms with Gasteiger partial charge in [0, 0.05) is 23.1 Å². The minimum Gasteiger partial charge on any atom is -0.298 e. The van der Waals surface area contributed by atoms with Crippen molar-refractivity contribution in [2.24, 2.45) is 0 Å². The van der Waals surface area contributed by atoms with E-state index in [1.807, 2.05) is 0 Å². The van der Waals surface area contributed by atoms with Gasteiger partial charge in [-0.1, -0.05) is 0 Å². The lowest BCUT2D eigenvalue weighted by Gasteiger charge is -2.05. The Bertz CT molecular complexity index is 1060. The van der Waals surface area contributed by atoms with Crippen LogP contribution in [0.3, 0.4) is 0 Å². The molecule has 1 heterocycles. The summed E-state index contributed by atoms with van der Waals surface area (Å²) in [5, 5.41) is 26.5. The molecule has 0 aliphatic heterocycles. The lowest BCUT2D eigenvalue weighted by molar-refractivity contribution is -0.395. The molecule has 1 amide bonds. The second-order valence-corrected chi connectivity index (χ2v) is 6.51. The number of thiazole rings is 1. The zero-order valence-corrected chi connectivity index (χ0v) is 15.0. The van der Waals surface area contributed by atoms with Gasteiger partial charge in [0.25, 0.3) is 17.3 Å². The van der Waals surface area contributed by atoms with Gasteiger partial charge in [-0.25, -0.2) is 9.37 Å². The average Bonchev–Trinajstić information content (AvgIpc) is 3.10. The van der Waals surface area contributed by atoms with Crippen LogP contribution < -0.4 is 5.32 Å². The van der Waals surface area contributed by atoms with Crippen LogP contribution in [0.25, 0.3) is 11.3 Å². The molecule has 0 spiro atoms. The predicted octanol–water partition coefficient (Wildman–Crippen LogP) is 4.33. The largest absolute Gasteiger partial charge is 0.298 e. The zero-order chi connectivity index (χ0) is 20.4. The Hall–Kier alpha value is -3.73. The number of anilines is 1. The molecule has 0 atom stereocenters. The molecule has 1 aromatic heterocycles. The zero-order valence-electron chi connectivity index (χ0n) is 14.2. The Morgan fingerprint density at radius 1 is 1.11 bits per heavy atom. The predicted molar refractivity (Wildman–Crippen MR) is 99.9 cm³/mol. The van der Waals surface area contributed by atoms with Crippen LogP contribution >= 0.6 is 11.3 Å². The van der Waals surface area contributed by atoms with Crippen LogP contribution in [-0.4, -0.2) is 20.7 Å². The minimum absolute atomic E-state index is 0.139. The highest BCUT2D eigenvalue weighted by Crippen LogP contribution is 2.30. The Kier molecular flexibility index (Phi) is 5.09. The van der Waals surface area contributed by atoms with Crippen LogP contribution in [0.5, 0.6) is 0 Å². The van der Waals surface area contributed by atoms with Crippen LogP contribution in [0.15, 0.2) is 41.8 Å². The summed E-state index contributed by atoms with van der Waals surface area (Å²) in [6, 6.07) is 7.57. The number of nitrogens with zero attached hydrogens (tertiary/aromatic N) is 3. The van der Waals surface area contributed by atoms with Crippen molar-refractivity contribution in [3.63, 3.8) is 0 Å². The molecule has 0 saturated carbocycles. The summed E-state index contributed by atoms with van der Waals surface area (Å²) >= 11 is 1.09. The summed E-state index contributed by atoms with van der Waals surface area (Å²) in [4.78, 5) is 37.3. The number of nitro benzene ring substituents is 2. The SMILES string of the molecule is Cc1c([N+](=O)[O-])cc(C(=O)Nc2nc(-c3ccc(F)cc3)cs2)cc1[N+](=O)[O-]. The average molecular weight is 402 g/mol. The molecule has 0 saturated heterocycles. The number of aromatic nitrogens is 1. The number of carbonyl (C=O) groups is 1. The lowest BCUT2D eigenvalue weighted by Crippen LogP contribution is -2.13. The molecule has 0 aliphatic carbocycles. The van der Waals surface area contributed by atoms with Gasteiger partial charge >= 0.3 is 0 Å². The molecule has 3 rings (SSSR count).